The monoisotopic (exact) mass is 361 g/mol. The van der Waals surface area contributed by atoms with Crippen molar-refractivity contribution in [3.63, 3.8) is 0 Å². The van der Waals surface area contributed by atoms with Crippen LogP contribution in [0.4, 0.5) is 0 Å². The van der Waals surface area contributed by atoms with Crippen LogP contribution >= 0.6 is 7.60 Å². The minimum absolute atomic E-state index is 0.240. The maximum atomic E-state index is 13.2. The van der Waals surface area contributed by atoms with E-state index in [0.29, 0.717) is 12.0 Å². The molecule has 1 atom stereocenters. The van der Waals surface area contributed by atoms with Crippen LogP contribution < -0.4 is 5.32 Å². The molecule has 0 aliphatic rings. The van der Waals surface area contributed by atoms with Gasteiger partial charge in [0.1, 0.15) is 5.78 Å². The first kappa shape index (κ1) is 19.4. The van der Waals surface area contributed by atoms with E-state index in [1.54, 1.807) is 38.1 Å². The Hall–Kier alpha value is -1.94. The maximum Gasteiger partial charge on any atom is 0.353 e. The number of hydrogen-bond donors (Lipinski definition) is 1. The minimum Gasteiger partial charge on any atom is -0.338 e. The van der Waals surface area contributed by atoms with Gasteiger partial charge in [-0.05, 0) is 31.5 Å². The summed E-state index contributed by atoms with van der Waals surface area (Å²) in [5.41, 5.74) is 1.45. The summed E-state index contributed by atoms with van der Waals surface area (Å²) in [5, 5.41) is 2.84. The first-order valence-corrected chi connectivity index (χ1v) is 9.99. The summed E-state index contributed by atoms with van der Waals surface area (Å²) in [7, 11) is -3.50. The van der Waals surface area contributed by atoms with Gasteiger partial charge in [-0.2, -0.15) is 0 Å². The summed E-state index contributed by atoms with van der Waals surface area (Å²) in [6.45, 7) is 3.99. The van der Waals surface area contributed by atoms with Crippen molar-refractivity contribution in [3.8, 4) is 0 Å². The molecule has 2 rings (SSSR count). The molecule has 0 spiro atoms. The highest BCUT2D eigenvalue weighted by Gasteiger charge is 2.37. The van der Waals surface area contributed by atoms with Crippen molar-refractivity contribution in [3.05, 3.63) is 71.8 Å². The number of amides is 1. The lowest BCUT2D eigenvalue weighted by Crippen LogP contribution is -2.37. The molecule has 0 unspecified atom stereocenters. The van der Waals surface area contributed by atoms with Crippen molar-refractivity contribution >= 4 is 13.5 Å². The molecule has 6 heteroatoms. The van der Waals surface area contributed by atoms with Crippen molar-refractivity contribution in [1.82, 2.24) is 5.32 Å². The zero-order valence-corrected chi connectivity index (χ0v) is 15.4. The molecule has 0 saturated heterocycles. The predicted octanol–water partition coefficient (Wildman–Crippen LogP) is 4.25. The standard InChI is InChI=1S/C19H24NO4P/c1-3-23-25(22,24-4-2)18(15-16-11-7-5-8-12-16)20-19(21)17-13-9-6-10-14-17/h5-14,18H,3-4,15H2,1-2H3,(H,20,21)/t18-/m0/s1. The summed E-state index contributed by atoms with van der Waals surface area (Å²) in [6.07, 6.45) is 0.358. The van der Waals surface area contributed by atoms with Crippen LogP contribution in [0.1, 0.15) is 29.8 Å². The first-order valence-electron chi connectivity index (χ1n) is 8.37. The Balaban J connectivity index is 2.27. The maximum absolute atomic E-state index is 13.2. The van der Waals surface area contributed by atoms with E-state index in [1.165, 1.54) is 0 Å². The number of carbonyl (C=O) groups is 1. The predicted molar refractivity (Wildman–Crippen MR) is 98.7 cm³/mol. The van der Waals surface area contributed by atoms with Crippen molar-refractivity contribution in [1.29, 1.82) is 0 Å². The normalized spacial score (nSPS) is 12.6. The fraction of sp³-hybridized carbons (Fsp3) is 0.316. The molecular weight excluding hydrogens is 337 g/mol. The van der Waals surface area contributed by atoms with Gasteiger partial charge in [-0.25, -0.2) is 0 Å². The smallest absolute Gasteiger partial charge is 0.338 e. The van der Waals surface area contributed by atoms with Gasteiger partial charge in [0.15, 0.2) is 0 Å². The Morgan fingerprint density at radius 3 is 2.00 bits per heavy atom. The molecule has 0 aliphatic carbocycles. The van der Waals surface area contributed by atoms with Gasteiger partial charge < -0.3 is 14.4 Å². The molecule has 0 bridgehead atoms. The molecule has 0 aliphatic heterocycles. The van der Waals surface area contributed by atoms with Crippen LogP contribution in [-0.2, 0) is 20.0 Å². The molecule has 2 aromatic carbocycles. The van der Waals surface area contributed by atoms with Gasteiger partial charge in [0.25, 0.3) is 5.91 Å². The number of carbonyl (C=O) groups excluding carboxylic acids is 1. The third-order valence-corrected chi connectivity index (χ3v) is 5.92. The van der Waals surface area contributed by atoms with Gasteiger partial charge in [0, 0.05) is 12.0 Å². The first-order chi connectivity index (χ1) is 12.1. The largest absolute Gasteiger partial charge is 0.353 e. The van der Waals surface area contributed by atoms with Gasteiger partial charge in [-0.3, -0.25) is 9.36 Å². The highest BCUT2D eigenvalue weighted by atomic mass is 31.2. The summed E-state index contributed by atoms with van der Waals surface area (Å²) in [6, 6.07) is 18.4. The Morgan fingerprint density at radius 2 is 1.48 bits per heavy atom. The second-order valence-corrected chi connectivity index (χ2v) is 7.64. The van der Waals surface area contributed by atoms with Crippen LogP contribution in [0.15, 0.2) is 60.7 Å². The van der Waals surface area contributed by atoms with E-state index in [9.17, 15) is 9.36 Å². The molecule has 0 heterocycles. The lowest BCUT2D eigenvalue weighted by Gasteiger charge is -2.27. The molecule has 0 radical (unpaired) electrons. The topological polar surface area (TPSA) is 64.6 Å². The van der Waals surface area contributed by atoms with Crippen molar-refractivity contribution < 1.29 is 18.4 Å². The van der Waals surface area contributed by atoms with Crippen LogP contribution in [-0.4, -0.2) is 24.9 Å². The summed E-state index contributed by atoms with van der Waals surface area (Å²) in [4.78, 5) is 12.6. The van der Waals surface area contributed by atoms with Gasteiger partial charge in [-0.15, -0.1) is 0 Å². The van der Waals surface area contributed by atoms with Crippen LogP contribution in [0, 0.1) is 0 Å². The van der Waals surface area contributed by atoms with Crippen LogP contribution in [0.2, 0.25) is 0 Å². The number of benzene rings is 2. The fourth-order valence-corrected chi connectivity index (χ4v) is 4.34. The summed E-state index contributed by atoms with van der Waals surface area (Å²) >= 11 is 0. The SMILES string of the molecule is CCOP(=O)(OCC)[C@@H](Cc1ccccc1)NC(=O)c1ccccc1. The van der Waals surface area contributed by atoms with Crippen LogP contribution in [0.25, 0.3) is 0 Å². The van der Waals surface area contributed by atoms with Crippen LogP contribution in [0.3, 0.4) is 0 Å². The quantitative estimate of drug-likeness (QED) is 0.678. The van der Waals surface area contributed by atoms with Crippen LogP contribution in [0.5, 0.6) is 0 Å². The highest BCUT2D eigenvalue weighted by molar-refractivity contribution is 7.54. The van der Waals surface area contributed by atoms with Crippen molar-refractivity contribution in [2.75, 3.05) is 13.2 Å². The minimum atomic E-state index is -3.50. The molecule has 134 valence electrons. The highest BCUT2D eigenvalue weighted by Crippen LogP contribution is 2.53. The van der Waals surface area contributed by atoms with Crippen molar-refractivity contribution in [2.45, 2.75) is 26.1 Å². The zero-order valence-electron chi connectivity index (χ0n) is 14.6. The van der Waals surface area contributed by atoms with Gasteiger partial charge in [0.05, 0.1) is 13.2 Å². The van der Waals surface area contributed by atoms with E-state index in [4.69, 9.17) is 9.05 Å². The van der Waals surface area contributed by atoms with E-state index in [2.05, 4.69) is 5.32 Å². The molecule has 0 fully saturated rings. The van der Waals surface area contributed by atoms with E-state index in [-0.39, 0.29) is 19.1 Å². The molecule has 1 N–H and O–H groups in total. The molecule has 1 amide bonds. The van der Waals surface area contributed by atoms with Crippen molar-refractivity contribution in [2.24, 2.45) is 0 Å². The van der Waals surface area contributed by atoms with Gasteiger partial charge in [0.2, 0.25) is 0 Å². The Kier molecular flexibility index (Phi) is 7.38. The van der Waals surface area contributed by atoms with E-state index in [0.717, 1.165) is 5.56 Å². The number of rotatable bonds is 9. The zero-order chi connectivity index (χ0) is 18.1. The molecule has 0 aromatic heterocycles. The van der Waals surface area contributed by atoms with E-state index in [1.807, 2.05) is 36.4 Å². The molecule has 25 heavy (non-hydrogen) atoms. The average molecular weight is 361 g/mol. The molecule has 0 saturated carbocycles. The number of hydrogen-bond acceptors (Lipinski definition) is 4. The average Bonchev–Trinajstić information content (AvgIpc) is 2.63. The molecular formula is C19H24NO4P. The third-order valence-electron chi connectivity index (χ3n) is 3.61. The molecule has 2 aromatic rings. The Labute approximate surface area is 148 Å². The fourth-order valence-electron chi connectivity index (χ4n) is 2.48. The Morgan fingerprint density at radius 1 is 0.960 bits per heavy atom. The Bertz CT molecular complexity index is 696. The summed E-state index contributed by atoms with van der Waals surface area (Å²) in [5.74, 6) is -1.07. The van der Waals surface area contributed by atoms with Gasteiger partial charge in [-0.1, -0.05) is 48.5 Å². The third kappa shape index (κ3) is 5.53. The number of nitrogens with one attached hydrogen (secondary N) is 1. The second kappa shape index (κ2) is 9.52. The lowest BCUT2D eigenvalue weighted by molar-refractivity contribution is 0.0937. The van der Waals surface area contributed by atoms with Gasteiger partial charge >= 0.3 is 7.60 Å². The van der Waals surface area contributed by atoms with E-state index < -0.39 is 13.4 Å². The second-order valence-electron chi connectivity index (χ2n) is 5.42. The lowest BCUT2D eigenvalue weighted by atomic mass is 10.1. The summed E-state index contributed by atoms with van der Waals surface area (Å²) < 4.78 is 24.1. The molecule has 5 nitrogen and oxygen atoms in total. The van der Waals surface area contributed by atoms with E-state index >= 15 is 0 Å².